The lowest BCUT2D eigenvalue weighted by molar-refractivity contribution is -0.137. The van der Waals surface area contributed by atoms with Crippen LogP contribution >= 0.6 is 0 Å². The van der Waals surface area contributed by atoms with Gasteiger partial charge in [0.15, 0.2) is 0 Å². The number of amides is 2. The molecule has 1 fully saturated rings. The second kappa shape index (κ2) is 11.4. The van der Waals surface area contributed by atoms with Crippen LogP contribution in [0.5, 0.6) is 11.5 Å². The molecule has 1 atom stereocenters. The highest BCUT2D eigenvalue weighted by Crippen LogP contribution is 2.32. The molecule has 13 heteroatoms. The minimum Gasteiger partial charge on any atom is -0.457 e. The molecule has 3 rings (SSSR count). The Balaban J connectivity index is 1.74. The Morgan fingerprint density at radius 3 is 2.03 bits per heavy atom. The number of carbonyl (C=O) groups is 2. The normalized spacial score (nSPS) is 16.1. The van der Waals surface area contributed by atoms with Gasteiger partial charge < -0.3 is 15.8 Å². The van der Waals surface area contributed by atoms with E-state index in [2.05, 4.69) is 5.32 Å². The predicted molar refractivity (Wildman–Crippen MR) is 131 cm³/mol. The van der Waals surface area contributed by atoms with E-state index in [0.29, 0.717) is 25.9 Å². The Labute approximate surface area is 213 Å². The van der Waals surface area contributed by atoms with Crippen LogP contribution in [0.4, 0.5) is 18.9 Å². The number of piperidine rings is 1. The van der Waals surface area contributed by atoms with Crippen molar-refractivity contribution in [2.24, 2.45) is 11.7 Å². The molecule has 0 aliphatic carbocycles. The van der Waals surface area contributed by atoms with Gasteiger partial charge in [0.05, 0.1) is 24.1 Å². The number of benzene rings is 2. The summed E-state index contributed by atoms with van der Waals surface area (Å²) in [6.45, 7) is 0.588. The van der Waals surface area contributed by atoms with Crippen molar-refractivity contribution in [1.29, 1.82) is 0 Å². The number of nitrogens with zero attached hydrogens (tertiary/aromatic N) is 2. The zero-order valence-corrected chi connectivity index (χ0v) is 21.2. The van der Waals surface area contributed by atoms with Gasteiger partial charge in [-0.1, -0.05) is 0 Å². The number of carbonyl (C=O) groups excluding carboxylic acids is 2. The molecule has 2 aromatic carbocycles. The molecule has 1 aliphatic heterocycles. The first-order chi connectivity index (χ1) is 17.3. The molecular formula is C24H29F3N4O5S. The standard InChI is InChI=1S/C24H29F3N4O5S/c1-29-23(33)16-11-13-30(14-12-16)21(22(28)32)15-31(37(2,34)35)18-5-9-20(10-6-18)36-19-7-3-17(4-8-19)24(25,26)27/h3-10,16,21H,11-15H2,1-2H3,(H2,28,32)(H,29,33)/t21-/m0/s1. The number of halogens is 3. The van der Waals surface area contributed by atoms with Crippen LogP contribution in [0, 0.1) is 5.92 Å². The summed E-state index contributed by atoms with van der Waals surface area (Å²) in [7, 11) is -2.26. The van der Waals surface area contributed by atoms with Crippen molar-refractivity contribution in [2.45, 2.75) is 25.1 Å². The zero-order valence-electron chi connectivity index (χ0n) is 20.4. The number of ether oxygens (including phenoxy) is 1. The fourth-order valence-corrected chi connectivity index (χ4v) is 5.10. The number of nitrogens with two attached hydrogens (primary N) is 1. The highest BCUT2D eigenvalue weighted by Gasteiger charge is 2.34. The second-order valence-electron chi connectivity index (χ2n) is 8.75. The van der Waals surface area contributed by atoms with Gasteiger partial charge in [-0.25, -0.2) is 8.42 Å². The number of rotatable bonds is 9. The number of sulfonamides is 1. The Hall–Kier alpha value is -3.32. The number of nitrogens with one attached hydrogen (secondary N) is 1. The van der Waals surface area contributed by atoms with E-state index in [0.717, 1.165) is 22.7 Å². The minimum atomic E-state index is -4.46. The van der Waals surface area contributed by atoms with Crippen LogP contribution in [0.25, 0.3) is 0 Å². The maximum atomic E-state index is 12.7. The smallest absolute Gasteiger partial charge is 0.416 e. The van der Waals surface area contributed by atoms with Gasteiger partial charge in [-0.15, -0.1) is 0 Å². The van der Waals surface area contributed by atoms with Gasteiger partial charge in [0.1, 0.15) is 17.5 Å². The Kier molecular flexibility index (Phi) is 8.69. The molecule has 202 valence electrons. The first kappa shape index (κ1) is 28.3. The van der Waals surface area contributed by atoms with E-state index in [4.69, 9.17) is 10.5 Å². The summed E-state index contributed by atoms with van der Waals surface area (Å²) >= 11 is 0. The monoisotopic (exact) mass is 542 g/mol. The van der Waals surface area contributed by atoms with Crippen LogP contribution < -0.4 is 20.1 Å². The van der Waals surface area contributed by atoms with Gasteiger partial charge in [0.25, 0.3) is 0 Å². The van der Waals surface area contributed by atoms with Crippen molar-refractivity contribution in [3.05, 3.63) is 54.1 Å². The van der Waals surface area contributed by atoms with Crippen molar-refractivity contribution < 1.29 is 35.9 Å². The molecule has 1 saturated heterocycles. The summed E-state index contributed by atoms with van der Waals surface area (Å²) in [5.41, 5.74) is 5.09. The molecule has 1 heterocycles. The number of primary amides is 1. The van der Waals surface area contributed by atoms with Crippen molar-refractivity contribution in [3.63, 3.8) is 0 Å². The van der Waals surface area contributed by atoms with Crippen LogP contribution in [-0.2, 0) is 25.8 Å². The summed E-state index contributed by atoms with van der Waals surface area (Å²) in [5, 5.41) is 2.61. The summed E-state index contributed by atoms with van der Waals surface area (Å²) < 4.78 is 70.1. The average Bonchev–Trinajstić information content (AvgIpc) is 2.84. The van der Waals surface area contributed by atoms with E-state index in [-0.39, 0.29) is 35.6 Å². The lowest BCUT2D eigenvalue weighted by Crippen LogP contribution is -2.55. The minimum absolute atomic E-state index is 0.0772. The first-order valence-corrected chi connectivity index (χ1v) is 13.3. The lowest BCUT2D eigenvalue weighted by Gasteiger charge is -2.37. The van der Waals surface area contributed by atoms with Crippen molar-refractivity contribution in [1.82, 2.24) is 10.2 Å². The maximum absolute atomic E-state index is 12.7. The number of anilines is 1. The van der Waals surface area contributed by atoms with Crippen LogP contribution in [0.15, 0.2) is 48.5 Å². The summed E-state index contributed by atoms with van der Waals surface area (Å²) in [5.74, 6) is -0.492. The van der Waals surface area contributed by atoms with Gasteiger partial charge in [-0.3, -0.25) is 18.8 Å². The van der Waals surface area contributed by atoms with Gasteiger partial charge in [0.2, 0.25) is 21.8 Å². The molecule has 37 heavy (non-hydrogen) atoms. The highest BCUT2D eigenvalue weighted by atomic mass is 32.2. The van der Waals surface area contributed by atoms with Gasteiger partial charge in [-0.2, -0.15) is 13.2 Å². The molecule has 2 amide bonds. The number of alkyl halides is 3. The van der Waals surface area contributed by atoms with E-state index in [9.17, 15) is 31.2 Å². The van der Waals surface area contributed by atoms with Gasteiger partial charge >= 0.3 is 6.18 Å². The largest absolute Gasteiger partial charge is 0.457 e. The Morgan fingerprint density at radius 1 is 1.08 bits per heavy atom. The molecule has 0 radical (unpaired) electrons. The molecule has 1 aliphatic rings. The zero-order chi connectivity index (χ0) is 27.4. The Morgan fingerprint density at radius 2 is 1.59 bits per heavy atom. The molecule has 0 spiro atoms. The quantitative estimate of drug-likeness (QED) is 0.502. The van der Waals surface area contributed by atoms with Crippen LogP contribution in [0.2, 0.25) is 0 Å². The Bertz CT molecular complexity index is 1200. The van der Waals surface area contributed by atoms with Gasteiger partial charge in [-0.05, 0) is 74.5 Å². The number of hydrogen-bond donors (Lipinski definition) is 2. The topological polar surface area (TPSA) is 122 Å². The fraction of sp³-hybridized carbons (Fsp3) is 0.417. The first-order valence-electron chi connectivity index (χ1n) is 11.5. The average molecular weight is 543 g/mol. The summed E-state index contributed by atoms with van der Waals surface area (Å²) in [4.78, 5) is 26.0. The number of hydrogen-bond acceptors (Lipinski definition) is 6. The van der Waals surface area contributed by atoms with Gasteiger partial charge in [0, 0.05) is 13.0 Å². The SMILES string of the molecule is CNC(=O)C1CCN([C@@H](CN(c2ccc(Oc3ccc(C(F)(F)F)cc3)cc2)S(C)(=O)=O)C(N)=O)CC1. The predicted octanol–water partition coefficient (Wildman–Crippen LogP) is 2.58. The van der Waals surface area contributed by atoms with Crippen molar-refractivity contribution in [2.75, 3.05) is 37.2 Å². The third kappa shape index (κ3) is 7.35. The summed E-state index contributed by atoms with van der Waals surface area (Å²) in [6, 6.07) is 9.14. The van der Waals surface area contributed by atoms with E-state index >= 15 is 0 Å². The molecular weight excluding hydrogens is 513 g/mol. The second-order valence-corrected chi connectivity index (χ2v) is 10.7. The highest BCUT2D eigenvalue weighted by molar-refractivity contribution is 7.92. The van der Waals surface area contributed by atoms with E-state index < -0.39 is 33.7 Å². The van der Waals surface area contributed by atoms with E-state index in [1.165, 1.54) is 36.4 Å². The molecule has 0 unspecified atom stereocenters. The molecule has 3 N–H and O–H groups in total. The molecule has 2 aromatic rings. The molecule has 9 nitrogen and oxygen atoms in total. The van der Waals surface area contributed by atoms with Crippen molar-refractivity contribution >= 4 is 27.5 Å². The third-order valence-corrected chi connectivity index (χ3v) is 7.36. The molecule has 0 aromatic heterocycles. The van der Waals surface area contributed by atoms with Crippen LogP contribution in [-0.4, -0.2) is 64.1 Å². The van der Waals surface area contributed by atoms with E-state index in [1.54, 1.807) is 11.9 Å². The lowest BCUT2D eigenvalue weighted by atomic mass is 9.95. The fourth-order valence-electron chi connectivity index (χ4n) is 4.18. The molecule has 0 saturated carbocycles. The number of likely N-dealkylation sites (tertiary alicyclic amines) is 1. The van der Waals surface area contributed by atoms with Crippen LogP contribution in [0.3, 0.4) is 0 Å². The van der Waals surface area contributed by atoms with Crippen molar-refractivity contribution in [3.8, 4) is 11.5 Å². The van der Waals surface area contributed by atoms with E-state index in [1.807, 2.05) is 0 Å². The third-order valence-electron chi connectivity index (χ3n) is 6.20. The van der Waals surface area contributed by atoms with Crippen LogP contribution in [0.1, 0.15) is 18.4 Å². The molecule has 0 bridgehead atoms. The summed E-state index contributed by atoms with van der Waals surface area (Å²) in [6.07, 6.45) is -2.43. The maximum Gasteiger partial charge on any atom is 0.416 e.